The molecule has 0 bridgehead atoms. The van der Waals surface area contributed by atoms with Crippen LogP contribution in [-0.2, 0) is 0 Å². The minimum absolute atomic E-state index is 0.741. The van der Waals surface area contributed by atoms with E-state index in [-0.39, 0.29) is 0 Å². The molecule has 1 aliphatic rings. The highest BCUT2D eigenvalue weighted by Gasteiger charge is 2.19. The van der Waals surface area contributed by atoms with E-state index in [1.165, 1.54) is 77.4 Å². The molecule has 1 unspecified atom stereocenters. The molecule has 0 aromatic carbocycles. The minimum atomic E-state index is 0.741. The summed E-state index contributed by atoms with van der Waals surface area (Å²) in [5.41, 5.74) is 0. The highest BCUT2D eigenvalue weighted by molar-refractivity contribution is 4.76. The summed E-state index contributed by atoms with van der Waals surface area (Å²) in [5, 5.41) is 3.67. The molecule has 0 aromatic rings. The van der Waals surface area contributed by atoms with Gasteiger partial charge in [0, 0.05) is 12.1 Å². The van der Waals surface area contributed by atoms with Gasteiger partial charge in [0.25, 0.3) is 0 Å². The van der Waals surface area contributed by atoms with Gasteiger partial charge in [-0.2, -0.15) is 0 Å². The molecular formula is C17H36N2. The zero-order chi connectivity index (χ0) is 13.9. The maximum atomic E-state index is 3.67. The third-order valence-corrected chi connectivity index (χ3v) is 4.67. The van der Waals surface area contributed by atoms with Crippen LogP contribution in [0.4, 0.5) is 0 Å². The average Bonchev–Trinajstić information content (AvgIpc) is 2.47. The molecule has 2 nitrogen and oxygen atoms in total. The largest absolute Gasteiger partial charge is 0.314 e. The van der Waals surface area contributed by atoms with E-state index in [2.05, 4.69) is 31.0 Å². The molecule has 0 saturated heterocycles. The molecule has 0 heterocycles. The van der Waals surface area contributed by atoms with Crippen LogP contribution in [0.3, 0.4) is 0 Å². The number of nitrogens with one attached hydrogen (secondary N) is 1. The molecule has 1 aliphatic carbocycles. The highest BCUT2D eigenvalue weighted by Crippen LogP contribution is 2.22. The van der Waals surface area contributed by atoms with E-state index in [4.69, 9.17) is 0 Å². The molecular weight excluding hydrogens is 232 g/mol. The molecule has 1 N–H and O–H groups in total. The standard InChI is InChI=1S/C17H36N2/c1-4-14-18-16(5-2)11-10-15-19(6-3)17-12-8-7-9-13-17/h16-18H,4-15H2,1-3H3. The van der Waals surface area contributed by atoms with Crippen molar-refractivity contribution in [1.29, 1.82) is 0 Å². The lowest BCUT2D eigenvalue weighted by Crippen LogP contribution is -2.38. The van der Waals surface area contributed by atoms with E-state index in [1.54, 1.807) is 0 Å². The van der Waals surface area contributed by atoms with Crippen LogP contribution in [0.1, 0.15) is 78.6 Å². The Bertz CT molecular complexity index is 199. The zero-order valence-electron chi connectivity index (χ0n) is 13.6. The van der Waals surface area contributed by atoms with Crippen molar-refractivity contribution in [3.63, 3.8) is 0 Å². The summed E-state index contributed by atoms with van der Waals surface area (Å²) in [4.78, 5) is 2.74. The highest BCUT2D eigenvalue weighted by atomic mass is 15.1. The SMILES string of the molecule is CCCNC(CC)CCCN(CC)C1CCCCC1. The van der Waals surface area contributed by atoms with Gasteiger partial charge in [-0.15, -0.1) is 0 Å². The smallest absolute Gasteiger partial charge is 0.00951 e. The van der Waals surface area contributed by atoms with Gasteiger partial charge in [0.15, 0.2) is 0 Å². The van der Waals surface area contributed by atoms with Crippen molar-refractivity contribution in [3.05, 3.63) is 0 Å². The topological polar surface area (TPSA) is 15.3 Å². The first-order valence-electron chi connectivity index (χ1n) is 8.79. The van der Waals surface area contributed by atoms with E-state index < -0.39 is 0 Å². The van der Waals surface area contributed by atoms with Gasteiger partial charge >= 0.3 is 0 Å². The Hall–Kier alpha value is -0.0800. The van der Waals surface area contributed by atoms with Crippen molar-refractivity contribution in [3.8, 4) is 0 Å². The lowest BCUT2D eigenvalue weighted by atomic mass is 9.94. The van der Waals surface area contributed by atoms with Crippen LogP contribution in [0.2, 0.25) is 0 Å². The van der Waals surface area contributed by atoms with Crippen LogP contribution in [0.15, 0.2) is 0 Å². The summed E-state index contributed by atoms with van der Waals surface area (Å²) in [6.45, 7) is 10.6. The number of hydrogen-bond acceptors (Lipinski definition) is 2. The molecule has 0 amide bonds. The summed E-state index contributed by atoms with van der Waals surface area (Å²) in [6.07, 6.45) is 12.5. The summed E-state index contributed by atoms with van der Waals surface area (Å²) >= 11 is 0. The van der Waals surface area contributed by atoms with Crippen LogP contribution < -0.4 is 5.32 Å². The van der Waals surface area contributed by atoms with Gasteiger partial charge in [0.05, 0.1) is 0 Å². The molecule has 1 rings (SSSR count). The summed E-state index contributed by atoms with van der Waals surface area (Å²) in [5.74, 6) is 0. The van der Waals surface area contributed by atoms with E-state index in [0.717, 1.165) is 12.1 Å². The number of rotatable bonds is 10. The Labute approximate surface area is 121 Å². The third kappa shape index (κ3) is 6.76. The van der Waals surface area contributed by atoms with Gasteiger partial charge in [0.2, 0.25) is 0 Å². The van der Waals surface area contributed by atoms with Crippen molar-refractivity contribution < 1.29 is 0 Å². The second-order valence-corrected chi connectivity index (χ2v) is 6.12. The van der Waals surface area contributed by atoms with Gasteiger partial charge in [-0.1, -0.05) is 40.0 Å². The Kier molecular flexibility index (Phi) is 9.54. The first kappa shape index (κ1) is 17.0. The van der Waals surface area contributed by atoms with Crippen LogP contribution in [-0.4, -0.2) is 36.6 Å². The Morgan fingerprint density at radius 1 is 1.11 bits per heavy atom. The van der Waals surface area contributed by atoms with E-state index in [1.807, 2.05) is 0 Å². The second-order valence-electron chi connectivity index (χ2n) is 6.12. The molecule has 2 heteroatoms. The van der Waals surface area contributed by atoms with E-state index in [9.17, 15) is 0 Å². The lowest BCUT2D eigenvalue weighted by molar-refractivity contribution is 0.159. The van der Waals surface area contributed by atoms with Gasteiger partial charge in [-0.3, -0.25) is 0 Å². The van der Waals surface area contributed by atoms with Crippen molar-refractivity contribution in [1.82, 2.24) is 10.2 Å². The molecule has 0 spiro atoms. The Morgan fingerprint density at radius 2 is 1.84 bits per heavy atom. The first-order chi connectivity index (χ1) is 9.31. The Morgan fingerprint density at radius 3 is 2.42 bits per heavy atom. The summed E-state index contributed by atoms with van der Waals surface area (Å²) in [6, 6.07) is 1.63. The van der Waals surface area contributed by atoms with Gasteiger partial charge in [-0.25, -0.2) is 0 Å². The predicted octanol–water partition coefficient (Wildman–Crippen LogP) is 4.20. The molecule has 1 saturated carbocycles. The van der Waals surface area contributed by atoms with E-state index >= 15 is 0 Å². The van der Waals surface area contributed by atoms with Crippen LogP contribution in [0.25, 0.3) is 0 Å². The fourth-order valence-electron chi connectivity index (χ4n) is 3.38. The number of hydrogen-bond donors (Lipinski definition) is 1. The Balaban J connectivity index is 2.20. The van der Waals surface area contributed by atoms with Gasteiger partial charge in [0.1, 0.15) is 0 Å². The maximum Gasteiger partial charge on any atom is 0.00951 e. The molecule has 0 aliphatic heterocycles. The van der Waals surface area contributed by atoms with Crippen LogP contribution >= 0.6 is 0 Å². The number of nitrogens with zero attached hydrogens (tertiary/aromatic N) is 1. The van der Waals surface area contributed by atoms with Gasteiger partial charge < -0.3 is 10.2 Å². The first-order valence-corrected chi connectivity index (χ1v) is 8.79. The minimum Gasteiger partial charge on any atom is -0.314 e. The summed E-state index contributed by atoms with van der Waals surface area (Å²) in [7, 11) is 0. The normalized spacial score (nSPS) is 18.9. The molecule has 19 heavy (non-hydrogen) atoms. The van der Waals surface area contributed by atoms with Crippen molar-refractivity contribution >= 4 is 0 Å². The maximum absolute atomic E-state index is 3.67. The van der Waals surface area contributed by atoms with Crippen LogP contribution in [0.5, 0.6) is 0 Å². The molecule has 1 atom stereocenters. The molecule has 0 radical (unpaired) electrons. The fraction of sp³-hybridized carbons (Fsp3) is 1.00. The molecule has 1 fully saturated rings. The van der Waals surface area contributed by atoms with Crippen molar-refractivity contribution in [2.75, 3.05) is 19.6 Å². The second kappa shape index (κ2) is 10.7. The van der Waals surface area contributed by atoms with Crippen molar-refractivity contribution in [2.45, 2.75) is 90.6 Å². The summed E-state index contributed by atoms with van der Waals surface area (Å²) < 4.78 is 0. The van der Waals surface area contributed by atoms with Gasteiger partial charge in [-0.05, 0) is 58.2 Å². The fourth-order valence-corrected chi connectivity index (χ4v) is 3.38. The molecule has 0 aromatic heterocycles. The quantitative estimate of drug-likeness (QED) is 0.639. The predicted molar refractivity (Wildman–Crippen MR) is 85.7 cm³/mol. The molecule has 114 valence electrons. The zero-order valence-corrected chi connectivity index (χ0v) is 13.6. The van der Waals surface area contributed by atoms with E-state index in [0.29, 0.717) is 0 Å². The lowest BCUT2D eigenvalue weighted by Gasteiger charge is -2.33. The van der Waals surface area contributed by atoms with Crippen LogP contribution in [0, 0.1) is 0 Å². The monoisotopic (exact) mass is 268 g/mol. The average molecular weight is 268 g/mol. The third-order valence-electron chi connectivity index (χ3n) is 4.67. The van der Waals surface area contributed by atoms with Crippen molar-refractivity contribution in [2.24, 2.45) is 0 Å².